The summed E-state index contributed by atoms with van der Waals surface area (Å²) in [6, 6.07) is 0. The molecule has 1 nitrogen and oxygen atoms in total. The molecule has 0 atom stereocenters. The van der Waals surface area contributed by atoms with Crippen molar-refractivity contribution in [3.63, 3.8) is 0 Å². The molecule has 12 heavy (non-hydrogen) atoms. The molecular formula is C11H17N. The molecular weight excluding hydrogens is 146 g/mol. The van der Waals surface area contributed by atoms with Crippen molar-refractivity contribution in [2.75, 3.05) is 7.05 Å². The van der Waals surface area contributed by atoms with Gasteiger partial charge in [-0.2, -0.15) is 0 Å². The van der Waals surface area contributed by atoms with Gasteiger partial charge in [0.1, 0.15) is 0 Å². The summed E-state index contributed by atoms with van der Waals surface area (Å²) in [7, 11) is 1.89. The molecule has 66 valence electrons. The molecule has 0 heterocycles. The van der Waals surface area contributed by atoms with Gasteiger partial charge in [-0.05, 0) is 19.5 Å². The first-order valence-electron chi connectivity index (χ1n) is 4.08. The van der Waals surface area contributed by atoms with Gasteiger partial charge in [-0.3, -0.25) is 0 Å². The smallest absolute Gasteiger partial charge is 0.00276 e. The van der Waals surface area contributed by atoms with Gasteiger partial charge in [0.05, 0.1) is 0 Å². The number of allylic oxidation sites excluding steroid dienone is 6. The molecule has 0 aromatic rings. The number of rotatable bonds is 5. The molecule has 0 spiro atoms. The Hall–Kier alpha value is -1.24. The highest BCUT2D eigenvalue weighted by Gasteiger charge is 1.70. The zero-order valence-electron chi connectivity index (χ0n) is 7.88. The highest BCUT2D eigenvalue weighted by atomic mass is 14.8. The second-order valence-corrected chi connectivity index (χ2v) is 2.56. The van der Waals surface area contributed by atoms with Gasteiger partial charge in [0, 0.05) is 7.05 Å². The largest absolute Gasteiger partial charge is 0.394 e. The van der Waals surface area contributed by atoms with Crippen LogP contribution in [0.25, 0.3) is 0 Å². The maximum Gasteiger partial charge on any atom is 0.00276 e. The predicted octanol–water partition coefficient (Wildman–Crippen LogP) is 2.80. The van der Waals surface area contributed by atoms with Crippen LogP contribution in [0.3, 0.4) is 0 Å². The molecule has 0 aliphatic rings. The van der Waals surface area contributed by atoms with E-state index < -0.39 is 0 Å². The van der Waals surface area contributed by atoms with Crippen LogP contribution in [0.4, 0.5) is 0 Å². The Balaban J connectivity index is 3.50. The van der Waals surface area contributed by atoms with Crippen LogP contribution < -0.4 is 5.32 Å². The van der Waals surface area contributed by atoms with Crippen LogP contribution in [0, 0.1) is 0 Å². The zero-order valence-corrected chi connectivity index (χ0v) is 7.88. The van der Waals surface area contributed by atoms with E-state index in [0.29, 0.717) is 0 Å². The highest BCUT2D eigenvalue weighted by Crippen LogP contribution is 1.90. The van der Waals surface area contributed by atoms with Crippen molar-refractivity contribution in [1.29, 1.82) is 0 Å². The molecule has 0 amide bonds. The molecule has 0 saturated carbocycles. The average Bonchev–Trinajstić information content (AvgIpc) is 2.02. The molecule has 0 bridgehead atoms. The molecule has 0 aromatic heterocycles. The van der Waals surface area contributed by atoms with Crippen molar-refractivity contribution in [3.05, 3.63) is 48.7 Å². The first kappa shape index (κ1) is 10.8. The monoisotopic (exact) mass is 163 g/mol. The van der Waals surface area contributed by atoms with Crippen molar-refractivity contribution in [2.45, 2.75) is 13.3 Å². The van der Waals surface area contributed by atoms with Crippen LogP contribution in [0.1, 0.15) is 13.3 Å². The Labute approximate surface area is 75.2 Å². The minimum atomic E-state index is 0.960. The van der Waals surface area contributed by atoms with Crippen molar-refractivity contribution < 1.29 is 0 Å². The maximum atomic E-state index is 3.76. The van der Waals surface area contributed by atoms with Gasteiger partial charge in [-0.1, -0.05) is 42.5 Å². The summed E-state index contributed by atoms with van der Waals surface area (Å²) >= 11 is 0. The summed E-state index contributed by atoms with van der Waals surface area (Å²) in [4.78, 5) is 0. The number of hydrogen-bond donors (Lipinski definition) is 1. The quantitative estimate of drug-likeness (QED) is 0.614. The Kier molecular flexibility index (Phi) is 7.05. The van der Waals surface area contributed by atoms with Gasteiger partial charge < -0.3 is 5.32 Å². The molecule has 0 radical (unpaired) electrons. The van der Waals surface area contributed by atoms with Crippen LogP contribution in [0.15, 0.2) is 48.7 Å². The molecule has 0 unspecified atom stereocenters. The maximum absolute atomic E-state index is 3.76. The van der Waals surface area contributed by atoms with E-state index in [-0.39, 0.29) is 0 Å². The topological polar surface area (TPSA) is 12.0 Å². The van der Waals surface area contributed by atoms with E-state index in [1.807, 2.05) is 38.4 Å². The van der Waals surface area contributed by atoms with Crippen molar-refractivity contribution in [1.82, 2.24) is 5.32 Å². The molecule has 0 fully saturated rings. The van der Waals surface area contributed by atoms with Gasteiger partial charge in [0.15, 0.2) is 0 Å². The lowest BCUT2D eigenvalue weighted by atomic mass is 10.3. The Morgan fingerprint density at radius 2 is 2.08 bits per heavy atom. The lowest BCUT2D eigenvalue weighted by molar-refractivity contribution is 1.09. The molecule has 0 aliphatic heterocycles. The standard InChI is InChI=1S/C11H17N/c1-11(2)9-7-5-4-6-8-10-12-3/h4-5,7-10,12H,1,6H2,2-3H3/b5-4?,9-7-,10-8-. The fourth-order valence-corrected chi connectivity index (χ4v) is 0.641. The molecule has 0 rings (SSSR count). The van der Waals surface area contributed by atoms with E-state index in [0.717, 1.165) is 12.0 Å². The summed E-state index contributed by atoms with van der Waals surface area (Å²) in [6.45, 7) is 5.74. The SMILES string of the molecule is C=C(C)/C=C\C=CC/C=C\NC. The van der Waals surface area contributed by atoms with E-state index in [9.17, 15) is 0 Å². The zero-order chi connectivity index (χ0) is 9.23. The summed E-state index contributed by atoms with van der Waals surface area (Å²) < 4.78 is 0. The fraction of sp³-hybridized carbons (Fsp3) is 0.273. The van der Waals surface area contributed by atoms with Crippen molar-refractivity contribution in [2.24, 2.45) is 0 Å². The van der Waals surface area contributed by atoms with E-state index >= 15 is 0 Å². The summed E-state index contributed by atoms with van der Waals surface area (Å²) in [5.74, 6) is 0. The fourth-order valence-electron chi connectivity index (χ4n) is 0.641. The van der Waals surface area contributed by atoms with E-state index in [4.69, 9.17) is 0 Å². The van der Waals surface area contributed by atoms with E-state index in [1.54, 1.807) is 0 Å². The number of hydrogen-bond acceptors (Lipinski definition) is 1. The van der Waals surface area contributed by atoms with E-state index in [2.05, 4.69) is 24.0 Å². The summed E-state index contributed by atoms with van der Waals surface area (Å²) in [5, 5.41) is 2.93. The highest BCUT2D eigenvalue weighted by molar-refractivity contribution is 5.17. The first-order chi connectivity index (χ1) is 5.77. The van der Waals surface area contributed by atoms with Crippen LogP contribution >= 0.6 is 0 Å². The van der Waals surface area contributed by atoms with Crippen LogP contribution in [-0.4, -0.2) is 7.05 Å². The molecule has 0 saturated heterocycles. The summed E-state index contributed by atoms with van der Waals surface area (Å²) in [5.41, 5.74) is 1.07. The third kappa shape index (κ3) is 8.76. The van der Waals surface area contributed by atoms with Gasteiger partial charge in [0.25, 0.3) is 0 Å². The van der Waals surface area contributed by atoms with Crippen LogP contribution in [0.2, 0.25) is 0 Å². The molecule has 0 aliphatic carbocycles. The van der Waals surface area contributed by atoms with Gasteiger partial charge in [-0.25, -0.2) is 0 Å². The first-order valence-corrected chi connectivity index (χ1v) is 4.08. The van der Waals surface area contributed by atoms with Gasteiger partial charge in [-0.15, -0.1) is 0 Å². The van der Waals surface area contributed by atoms with Gasteiger partial charge in [0.2, 0.25) is 0 Å². The summed E-state index contributed by atoms with van der Waals surface area (Å²) in [6.07, 6.45) is 13.0. The molecule has 0 aromatic carbocycles. The lowest BCUT2D eigenvalue weighted by Gasteiger charge is -1.83. The second kappa shape index (κ2) is 7.86. The second-order valence-electron chi connectivity index (χ2n) is 2.56. The van der Waals surface area contributed by atoms with Crippen LogP contribution in [0.5, 0.6) is 0 Å². The Morgan fingerprint density at radius 1 is 1.33 bits per heavy atom. The Bertz CT molecular complexity index is 197. The molecule has 1 N–H and O–H groups in total. The minimum Gasteiger partial charge on any atom is -0.394 e. The van der Waals surface area contributed by atoms with Crippen molar-refractivity contribution in [3.8, 4) is 0 Å². The van der Waals surface area contributed by atoms with Gasteiger partial charge >= 0.3 is 0 Å². The third-order valence-electron chi connectivity index (χ3n) is 1.18. The van der Waals surface area contributed by atoms with Crippen LogP contribution in [-0.2, 0) is 0 Å². The average molecular weight is 163 g/mol. The normalized spacial score (nSPS) is 11.8. The lowest BCUT2D eigenvalue weighted by Crippen LogP contribution is -1.89. The van der Waals surface area contributed by atoms with E-state index in [1.165, 1.54) is 0 Å². The minimum absolute atomic E-state index is 0.960. The predicted molar refractivity (Wildman–Crippen MR) is 55.9 cm³/mol. The third-order valence-corrected chi connectivity index (χ3v) is 1.18. The number of nitrogens with one attached hydrogen (secondary N) is 1. The Morgan fingerprint density at radius 3 is 2.67 bits per heavy atom. The molecule has 1 heteroatoms. The van der Waals surface area contributed by atoms with Crippen molar-refractivity contribution >= 4 is 0 Å².